The predicted molar refractivity (Wildman–Crippen MR) is 78.8 cm³/mol. The molecule has 1 aromatic carbocycles. The van der Waals surface area contributed by atoms with Gasteiger partial charge in [0.1, 0.15) is 0 Å². The number of nitrogens with zero attached hydrogens (tertiary/aromatic N) is 3. The van der Waals surface area contributed by atoms with Crippen molar-refractivity contribution < 1.29 is 4.79 Å². The van der Waals surface area contributed by atoms with E-state index >= 15 is 0 Å². The van der Waals surface area contributed by atoms with Crippen LogP contribution in [-0.2, 0) is 11.3 Å². The zero-order valence-electron chi connectivity index (χ0n) is 11.8. The van der Waals surface area contributed by atoms with Gasteiger partial charge in [-0.2, -0.15) is 15.0 Å². The van der Waals surface area contributed by atoms with Gasteiger partial charge in [-0.25, -0.2) is 0 Å². The lowest BCUT2D eigenvalue weighted by atomic mass is 10.1. The smallest absolute Gasteiger partial charge is 0.237 e. The van der Waals surface area contributed by atoms with Gasteiger partial charge in [-0.05, 0) is 31.4 Å². The van der Waals surface area contributed by atoms with E-state index in [-0.39, 0.29) is 11.9 Å². The average Bonchev–Trinajstić information content (AvgIpc) is 2.90. The lowest BCUT2D eigenvalue weighted by Gasteiger charge is -2.13. The van der Waals surface area contributed by atoms with E-state index in [0.717, 1.165) is 37.2 Å². The molecule has 2 heterocycles. The van der Waals surface area contributed by atoms with Crippen LogP contribution in [0.1, 0.15) is 25.0 Å². The maximum Gasteiger partial charge on any atom is 0.237 e. The van der Waals surface area contributed by atoms with Gasteiger partial charge in [0, 0.05) is 13.1 Å². The number of aromatic nitrogens is 3. The molecule has 2 N–H and O–H groups in total. The fourth-order valence-corrected chi connectivity index (χ4v) is 2.42. The Hall–Kier alpha value is -2.21. The van der Waals surface area contributed by atoms with Crippen LogP contribution < -0.4 is 10.6 Å². The van der Waals surface area contributed by atoms with Crippen LogP contribution in [0.4, 0.5) is 0 Å². The highest BCUT2D eigenvalue weighted by atomic mass is 16.2. The molecule has 0 saturated carbocycles. The van der Waals surface area contributed by atoms with Crippen LogP contribution in [0.2, 0.25) is 0 Å². The normalized spacial score (nSPS) is 19.0. The van der Waals surface area contributed by atoms with E-state index in [2.05, 4.69) is 20.8 Å². The number of carbonyl (C=O) groups is 1. The van der Waals surface area contributed by atoms with Gasteiger partial charge in [0.15, 0.2) is 0 Å². The third-order valence-electron chi connectivity index (χ3n) is 3.59. The van der Waals surface area contributed by atoms with E-state index < -0.39 is 0 Å². The third-order valence-corrected chi connectivity index (χ3v) is 3.59. The summed E-state index contributed by atoms with van der Waals surface area (Å²) in [4.78, 5) is 13.4. The Morgan fingerprint density at radius 3 is 3.00 bits per heavy atom. The minimum Gasteiger partial charge on any atom is -0.355 e. The van der Waals surface area contributed by atoms with E-state index in [4.69, 9.17) is 0 Å². The number of rotatable bonds is 4. The third kappa shape index (κ3) is 3.46. The molecule has 0 spiro atoms. The molecule has 2 aromatic rings. The highest BCUT2D eigenvalue weighted by Crippen LogP contribution is 2.07. The Kier molecular flexibility index (Phi) is 4.25. The first-order valence-electron chi connectivity index (χ1n) is 7.31. The standard InChI is InChI=1S/C15H19N5O/c21-15-14(8-4-5-9-16-15)17-10-12-11-18-20(19-12)13-6-2-1-3-7-13/h1-3,6-7,11,14,17H,4-5,8-10H2,(H,16,21). The first kappa shape index (κ1) is 13.8. The van der Waals surface area contributed by atoms with Crippen LogP contribution in [0.5, 0.6) is 0 Å². The molecular formula is C15H19N5O. The molecule has 1 aliphatic heterocycles. The van der Waals surface area contributed by atoms with Gasteiger partial charge in [0.25, 0.3) is 0 Å². The van der Waals surface area contributed by atoms with Gasteiger partial charge >= 0.3 is 0 Å². The van der Waals surface area contributed by atoms with Gasteiger partial charge in [-0.1, -0.05) is 18.2 Å². The molecule has 110 valence electrons. The lowest BCUT2D eigenvalue weighted by Crippen LogP contribution is -2.42. The second-order valence-electron chi connectivity index (χ2n) is 5.18. The molecule has 0 aliphatic carbocycles. The maximum atomic E-state index is 11.8. The van der Waals surface area contributed by atoms with Gasteiger partial charge < -0.3 is 10.6 Å². The molecule has 1 atom stereocenters. The SMILES string of the molecule is O=C1NCCCCC1NCc1cnn(-c2ccccc2)n1. The molecule has 3 rings (SSSR count). The molecule has 6 nitrogen and oxygen atoms in total. The number of benzene rings is 1. The van der Waals surface area contributed by atoms with Gasteiger partial charge in [-0.15, -0.1) is 0 Å². The molecule has 1 aliphatic rings. The van der Waals surface area contributed by atoms with E-state index in [0.29, 0.717) is 6.54 Å². The van der Waals surface area contributed by atoms with Crippen LogP contribution in [0.3, 0.4) is 0 Å². The summed E-state index contributed by atoms with van der Waals surface area (Å²) >= 11 is 0. The highest BCUT2D eigenvalue weighted by Gasteiger charge is 2.20. The highest BCUT2D eigenvalue weighted by molar-refractivity contribution is 5.81. The Balaban J connectivity index is 1.61. The van der Waals surface area contributed by atoms with Gasteiger partial charge in [0.05, 0.1) is 23.6 Å². The molecule has 1 aromatic heterocycles. The second-order valence-corrected chi connectivity index (χ2v) is 5.18. The van der Waals surface area contributed by atoms with Crippen molar-refractivity contribution in [2.24, 2.45) is 0 Å². The summed E-state index contributed by atoms with van der Waals surface area (Å²) in [5, 5.41) is 14.9. The summed E-state index contributed by atoms with van der Waals surface area (Å²) in [5.41, 5.74) is 1.76. The van der Waals surface area contributed by atoms with Crippen molar-refractivity contribution in [2.45, 2.75) is 31.8 Å². The number of hydrogen-bond donors (Lipinski definition) is 2. The summed E-state index contributed by atoms with van der Waals surface area (Å²) < 4.78 is 0. The van der Waals surface area contributed by atoms with Crippen molar-refractivity contribution in [1.82, 2.24) is 25.6 Å². The summed E-state index contributed by atoms with van der Waals surface area (Å²) in [6.07, 6.45) is 4.72. The fourth-order valence-electron chi connectivity index (χ4n) is 2.42. The van der Waals surface area contributed by atoms with Crippen molar-refractivity contribution in [3.63, 3.8) is 0 Å². The van der Waals surface area contributed by atoms with Crippen molar-refractivity contribution >= 4 is 5.91 Å². The van der Waals surface area contributed by atoms with E-state index in [1.54, 1.807) is 11.0 Å². The number of para-hydroxylation sites is 1. The molecule has 0 radical (unpaired) electrons. The van der Waals surface area contributed by atoms with E-state index in [1.165, 1.54) is 0 Å². The molecular weight excluding hydrogens is 266 g/mol. The minimum absolute atomic E-state index is 0.0861. The quantitative estimate of drug-likeness (QED) is 0.880. The van der Waals surface area contributed by atoms with Crippen LogP contribution in [0, 0.1) is 0 Å². The molecule has 1 saturated heterocycles. The summed E-state index contributed by atoms with van der Waals surface area (Å²) in [6, 6.07) is 9.64. The zero-order chi connectivity index (χ0) is 14.5. The van der Waals surface area contributed by atoms with Crippen molar-refractivity contribution in [2.75, 3.05) is 6.54 Å². The van der Waals surface area contributed by atoms with Crippen molar-refractivity contribution in [1.29, 1.82) is 0 Å². The topological polar surface area (TPSA) is 71.8 Å². The number of amides is 1. The van der Waals surface area contributed by atoms with Gasteiger partial charge in [0.2, 0.25) is 5.91 Å². The number of carbonyl (C=O) groups excluding carboxylic acids is 1. The van der Waals surface area contributed by atoms with Crippen LogP contribution >= 0.6 is 0 Å². The Labute approximate surface area is 123 Å². The van der Waals surface area contributed by atoms with Crippen LogP contribution in [-0.4, -0.2) is 33.5 Å². The molecule has 1 fully saturated rings. The first-order valence-corrected chi connectivity index (χ1v) is 7.31. The average molecular weight is 285 g/mol. The van der Waals surface area contributed by atoms with Gasteiger partial charge in [-0.3, -0.25) is 4.79 Å². The Morgan fingerprint density at radius 1 is 1.29 bits per heavy atom. The Bertz CT molecular complexity index is 595. The molecule has 1 unspecified atom stereocenters. The maximum absolute atomic E-state index is 11.8. The lowest BCUT2D eigenvalue weighted by molar-refractivity contribution is -0.122. The van der Waals surface area contributed by atoms with Crippen LogP contribution in [0.25, 0.3) is 5.69 Å². The molecule has 6 heteroatoms. The fraction of sp³-hybridized carbons (Fsp3) is 0.400. The minimum atomic E-state index is -0.130. The molecule has 1 amide bonds. The molecule has 21 heavy (non-hydrogen) atoms. The largest absolute Gasteiger partial charge is 0.355 e. The number of nitrogens with one attached hydrogen (secondary N) is 2. The van der Waals surface area contributed by atoms with E-state index in [1.807, 2.05) is 30.3 Å². The van der Waals surface area contributed by atoms with Crippen molar-refractivity contribution in [3.05, 3.63) is 42.2 Å². The summed E-state index contributed by atoms with van der Waals surface area (Å²) in [7, 11) is 0. The predicted octanol–water partition coefficient (Wildman–Crippen LogP) is 1.03. The van der Waals surface area contributed by atoms with E-state index in [9.17, 15) is 4.79 Å². The van der Waals surface area contributed by atoms with Crippen LogP contribution in [0.15, 0.2) is 36.5 Å². The summed E-state index contributed by atoms with van der Waals surface area (Å²) in [6.45, 7) is 1.33. The second kappa shape index (κ2) is 6.49. The number of hydrogen-bond acceptors (Lipinski definition) is 4. The monoisotopic (exact) mass is 285 g/mol. The van der Waals surface area contributed by atoms with Crippen molar-refractivity contribution in [3.8, 4) is 5.69 Å². The first-order chi connectivity index (χ1) is 10.3. The molecule has 0 bridgehead atoms. The zero-order valence-corrected chi connectivity index (χ0v) is 11.8. The Morgan fingerprint density at radius 2 is 2.14 bits per heavy atom. The summed E-state index contributed by atoms with van der Waals surface area (Å²) in [5.74, 6) is 0.0861.